The number of nitrogens with zero attached hydrogens (tertiary/aromatic N) is 2. The van der Waals surface area contributed by atoms with Crippen molar-refractivity contribution in [2.45, 2.75) is 58.8 Å². The zero-order valence-corrected chi connectivity index (χ0v) is 25.7. The van der Waals surface area contributed by atoms with E-state index in [0.717, 1.165) is 18.4 Å². The van der Waals surface area contributed by atoms with Gasteiger partial charge in [-0.1, -0.05) is 30.3 Å². The summed E-state index contributed by atoms with van der Waals surface area (Å²) in [5.41, 5.74) is 2.11. The third-order valence-corrected chi connectivity index (χ3v) is 8.98. The van der Waals surface area contributed by atoms with Gasteiger partial charge in [0.25, 0.3) is 0 Å². The highest BCUT2D eigenvalue weighted by molar-refractivity contribution is 7.53. The van der Waals surface area contributed by atoms with E-state index in [0.29, 0.717) is 28.8 Å². The third kappa shape index (κ3) is 8.31. The van der Waals surface area contributed by atoms with Gasteiger partial charge in [0.2, 0.25) is 11.8 Å². The average molecular weight is 616 g/mol. The number of carbonyl (C=O) groups excluding carboxylic acids is 3. The molecule has 1 N–H and O–H groups in total. The molecule has 1 saturated heterocycles. The molecule has 0 bridgehead atoms. The highest BCUT2D eigenvalue weighted by Crippen LogP contribution is 2.48. The van der Waals surface area contributed by atoms with E-state index in [-0.39, 0.29) is 50.8 Å². The summed E-state index contributed by atoms with van der Waals surface area (Å²) in [5.74, 6) is -0.671. The highest BCUT2D eigenvalue weighted by atomic mass is 31.2. The van der Waals surface area contributed by atoms with Crippen LogP contribution in [0, 0.1) is 0 Å². The van der Waals surface area contributed by atoms with Crippen LogP contribution in [-0.2, 0) is 36.2 Å². The number of fused-ring (bicyclic) bond motifs is 1. The topological polar surface area (TPSA) is 116 Å². The Labute approximate surface area is 251 Å². The van der Waals surface area contributed by atoms with Crippen LogP contribution in [0.2, 0.25) is 0 Å². The van der Waals surface area contributed by atoms with Gasteiger partial charge in [0, 0.05) is 35.6 Å². The number of alkyl halides is 1. The van der Waals surface area contributed by atoms with Crippen LogP contribution in [-0.4, -0.2) is 71.9 Å². The van der Waals surface area contributed by atoms with E-state index in [1.807, 2.05) is 30.3 Å². The normalized spacial score (nSPS) is 16.9. The Morgan fingerprint density at radius 1 is 1.07 bits per heavy atom. The van der Waals surface area contributed by atoms with Crippen LogP contribution < -0.4 is 10.1 Å². The summed E-state index contributed by atoms with van der Waals surface area (Å²) in [6.07, 6.45) is 1.42. The molecular formula is C31H39FN3O7P. The van der Waals surface area contributed by atoms with Gasteiger partial charge in [0.05, 0.1) is 19.8 Å². The smallest absolute Gasteiger partial charge is 0.367 e. The van der Waals surface area contributed by atoms with Crippen molar-refractivity contribution in [2.24, 2.45) is 0 Å². The number of ketones is 1. The van der Waals surface area contributed by atoms with E-state index in [2.05, 4.69) is 5.32 Å². The molecule has 4 rings (SSSR count). The van der Waals surface area contributed by atoms with Crippen molar-refractivity contribution < 1.29 is 37.1 Å². The molecule has 232 valence electrons. The van der Waals surface area contributed by atoms with Crippen LogP contribution >= 0.6 is 7.60 Å². The predicted molar refractivity (Wildman–Crippen MR) is 161 cm³/mol. The van der Waals surface area contributed by atoms with E-state index < -0.39 is 25.7 Å². The first-order chi connectivity index (χ1) is 20.6. The molecular weight excluding hydrogens is 576 g/mol. The number of Topliss-reactive ketones (excluding diaryl/α,β-unsaturated/α-hetero) is 1. The minimum atomic E-state index is -3.45. The molecule has 3 aromatic rings. The minimum Gasteiger partial charge on any atom is -0.481 e. The fourth-order valence-electron chi connectivity index (χ4n) is 5.25. The van der Waals surface area contributed by atoms with E-state index in [1.165, 1.54) is 11.8 Å². The Morgan fingerprint density at radius 3 is 2.47 bits per heavy atom. The summed E-state index contributed by atoms with van der Waals surface area (Å²) in [6, 6.07) is 14.0. The SMILES string of the molecule is CCOP(=O)(COc1ccc2c(c1)c(C(C)=O)cn2CC(=O)N1C[C@H](F)C[C@H]1C(=O)NCCCc1ccccc1)OCC. The molecule has 2 heterocycles. The number of rotatable bonds is 15. The maximum atomic E-state index is 14.5. The Hall–Kier alpha value is -3.53. The van der Waals surface area contributed by atoms with Crippen molar-refractivity contribution in [3.8, 4) is 5.75 Å². The van der Waals surface area contributed by atoms with Crippen LogP contribution in [0.15, 0.2) is 54.7 Å². The lowest BCUT2D eigenvalue weighted by atomic mass is 10.1. The number of halogens is 1. The van der Waals surface area contributed by atoms with Crippen molar-refractivity contribution in [1.82, 2.24) is 14.8 Å². The standard InChI is InChI=1S/C31H39FN3O7P/c1-4-41-43(39,42-5-2)21-40-25-13-14-28-26(17-25)27(22(3)36)19-34(28)20-30(37)35-18-24(32)16-29(35)31(38)33-15-9-12-23-10-7-6-8-11-23/h6-8,10-11,13-14,17,19,24,29H,4-5,9,12,15-16,18,20-21H2,1-3H3,(H,33,38)/t24-,29+/m1/s1. The average Bonchev–Trinajstić information content (AvgIpc) is 3.55. The van der Waals surface area contributed by atoms with Gasteiger partial charge in [0.15, 0.2) is 12.1 Å². The molecule has 0 unspecified atom stereocenters. The van der Waals surface area contributed by atoms with E-state index in [1.54, 1.807) is 42.8 Å². The van der Waals surface area contributed by atoms with Gasteiger partial charge in [-0.05, 0) is 57.4 Å². The molecule has 0 aliphatic carbocycles. The maximum absolute atomic E-state index is 14.5. The van der Waals surface area contributed by atoms with Crippen molar-refractivity contribution in [3.05, 3.63) is 65.9 Å². The lowest BCUT2D eigenvalue weighted by molar-refractivity contribution is -0.138. The van der Waals surface area contributed by atoms with Crippen molar-refractivity contribution >= 4 is 36.1 Å². The third-order valence-electron chi connectivity index (χ3n) is 7.24. The predicted octanol–water partition coefficient (Wildman–Crippen LogP) is 5.13. The largest absolute Gasteiger partial charge is 0.481 e. The fourth-order valence-corrected chi connectivity index (χ4v) is 6.57. The lowest BCUT2D eigenvalue weighted by Crippen LogP contribution is -2.47. The van der Waals surface area contributed by atoms with Gasteiger partial charge >= 0.3 is 7.60 Å². The maximum Gasteiger partial charge on any atom is 0.367 e. The molecule has 12 heteroatoms. The molecule has 1 aliphatic rings. The second-order valence-corrected chi connectivity index (χ2v) is 12.4. The summed E-state index contributed by atoms with van der Waals surface area (Å²) in [7, 11) is -3.45. The zero-order valence-electron chi connectivity index (χ0n) is 24.8. The second-order valence-electron chi connectivity index (χ2n) is 10.4. The van der Waals surface area contributed by atoms with Gasteiger partial charge < -0.3 is 28.6 Å². The number of nitrogens with one attached hydrogen (secondary N) is 1. The molecule has 2 amide bonds. The molecule has 0 radical (unpaired) electrons. The number of aryl methyl sites for hydroxylation is 1. The van der Waals surface area contributed by atoms with Crippen molar-refractivity contribution in [3.63, 3.8) is 0 Å². The number of aromatic nitrogens is 1. The van der Waals surface area contributed by atoms with Crippen LogP contribution in [0.4, 0.5) is 4.39 Å². The number of carbonyl (C=O) groups is 3. The number of hydrogen-bond donors (Lipinski definition) is 1. The molecule has 1 aromatic heterocycles. The van der Waals surface area contributed by atoms with Crippen LogP contribution in [0.3, 0.4) is 0 Å². The summed E-state index contributed by atoms with van der Waals surface area (Å²) in [5, 5.41) is 3.39. The van der Waals surface area contributed by atoms with Gasteiger partial charge in [-0.3, -0.25) is 18.9 Å². The van der Waals surface area contributed by atoms with Crippen LogP contribution in [0.25, 0.3) is 10.9 Å². The van der Waals surface area contributed by atoms with E-state index in [9.17, 15) is 23.3 Å². The Balaban J connectivity index is 1.44. The molecule has 0 spiro atoms. The van der Waals surface area contributed by atoms with Gasteiger partial charge in [0.1, 0.15) is 24.5 Å². The minimum absolute atomic E-state index is 0.0601. The monoisotopic (exact) mass is 615 g/mol. The molecule has 2 atom stereocenters. The Kier molecular flexibility index (Phi) is 11.1. The van der Waals surface area contributed by atoms with Crippen molar-refractivity contribution in [1.29, 1.82) is 0 Å². The van der Waals surface area contributed by atoms with Crippen molar-refractivity contribution in [2.75, 3.05) is 32.7 Å². The number of benzene rings is 2. The molecule has 43 heavy (non-hydrogen) atoms. The number of amides is 2. The molecule has 1 fully saturated rings. The second kappa shape index (κ2) is 14.8. The van der Waals surface area contributed by atoms with Crippen LogP contribution in [0.5, 0.6) is 5.75 Å². The van der Waals surface area contributed by atoms with Gasteiger partial charge in [-0.25, -0.2) is 4.39 Å². The number of hydrogen-bond acceptors (Lipinski definition) is 7. The van der Waals surface area contributed by atoms with E-state index in [4.69, 9.17) is 13.8 Å². The first kappa shape index (κ1) is 32.4. The first-order valence-corrected chi connectivity index (χ1v) is 16.3. The molecule has 10 nitrogen and oxygen atoms in total. The number of likely N-dealkylation sites (tertiary alicyclic amines) is 1. The highest BCUT2D eigenvalue weighted by Gasteiger charge is 2.39. The first-order valence-electron chi connectivity index (χ1n) is 14.5. The Morgan fingerprint density at radius 2 is 1.79 bits per heavy atom. The van der Waals surface area contributed by atoms with Gasteiger partial charge in [-0.15, -0.1) is 0 Å². The molecule has 2 aromatic carbocycles. The summed E-state index contributed by atoms with van der Waals surface area (Å²) >= 11 is 0. The summed E-state index contributed by atoms with van der Waals surface area (Å²) in [4.78, 5) is 40.1. The zero-order chi connectivity index (χ0) is 31.0. The van der Waals surface area contributed by atoms with Gasteiger partial charge in [-0.2, -0.15) is 0 Å². The molecule has 1 aliphatic heterocycles. The number of ether oxygens (including phenoxy) is 1. The summed E-state index contributed by atoms with van der Waals surface area (Å²) in [6.45, 7) is 5.29. The van der Waals surface area contributed by atoms with Crippen LogP contribution in [0.1, 0.15) is 49.5 Å². The molecule has 0 saturated carbocycles. The van der Waals surface area contributed by atoms with E-state index >= 15 is 0 Å². The lowest BCUT2D eigenvalue weighted by Gasteiger charge is -2.24. The summed E-state index contributed by atoms with van der Waals surface area (Å²) < 4.78 is 45.1. The Bertz CT molecular complexity index is 1470. The quantitative estimate of drug-likeness (QED) is 0.143. The fraction of sp³-hybridized carbons (Fsp3) is 0.452.